The number of fused-ring (bicyclic) bond motifs is 1. The largest absolute Gasteiger partial charge is 0.358 e. The van der Waals surface area contributed by atoms with E-state index in [1.165, 1.54) is 12.1 Å². The number of piperidine rings is 1. The number of sulfonamides is 1. The van der Waals surface area contributed by atoms with Crippen molar-refractivity contribution in [3.05, 3.63) is 52.3 Å². The Morgan fingerprint density at radius 3 is 2.73 bits per heavy atom. The second-order valence-corrected chi connectivity index (χ2v) is 12.4. The number of amides is 2. The topological polar surface area (TPSA) is 141 Å². The molecule has 0 unspecified atom stereocenters. The van der Waals surface area contributed by atoms with Crippen molar-refractivity contribution in [3.63, 3.8) is 0 Å². The van der Waals surface area contributed by atoms with E-state index in [-0.39, 0.29) is 35.1 Å². The number of anilines is 2. The lowest BCUT2D eigenvalue weighted by atomic mass is 9.98. The second-order valence-electron chi connectivity index (χ2n) is 10.3. The van der Waals surface area contributed by atoms with Gasteiger partial charge in [-0.3, -0.25) is 14.3 Å². The van der Waals surface area contributed by atoms with Crippen molar-refractivity contribution in [2.75, 3.05) is 49.1 Å². The van der Waals surface area contributed by atoms with Crippen LogP contribution in [0.4, 0.5) is 11.5 Å². The van der Waals surface area contributed by atoms with Gasteiger partial charge in [-0.2, -0.15) is 5.10 Å². The van der Waals surface area contributed by atoms with Gasteiger partial charge in [0.15, 0.2) is 5.65 Å². The van der Waals surface area contributed by atoms with Crippen LogP contribution < -0.4 is 20.3 Å². The number of rotatable bonds is 6. The normalized spacial score (nSPS) is 20.0. The molecule has 2 saturated heterocycles. The zero-order valence-corrected chi connectivity index (χ0v) is 24.2. The van der Waals surface area contributed by atoms with Crippen molar-refractivity contribution in [3.8, 4) is 0 Å². The van der Waals surface area contributed by atoms with E-state index in [0.717, 1.165) is 30.5 Å². The summed E-state index contributed by atoms with van der Waals surface area (Å²) in [5.74, 6) is 0.411. The average molecular weight is 589 g/mol. The van der Waals surface area contributed by atoms with E-state index in [1.54, 1.807) is 22.5 Å². The van der Waals surface area contributed by atoms with Gasteiger partial charge >= 0.3 is 0 Å². The molecule has 0 aliphatic carbocycles. The molecule has 4 heterocycles. The Balaban J connectivity index is 1.46. The number of likely N-dealkylation sites (tertiary alicyclic amines) is 1. The summed E-state index contributed by atoms with van der Waals surface area (Å²) < 4.78 is 28.0. The maximum atomic E-state index is 13.8. The molecule has 2 aromatic heterocycles. The summed E-state index contributed by atoms with van der Waals surface area (Å²) in [6.07, 6.45) is 5.41. The predicted octanol–water partition coefficient (Wildman–Crippen LogP) is 1.95. The van der Waals surface area contributed by atoms with Gasteiger partial charge in [0.2, 0.25) is 15.9 Å². The van der Waals surface area contributed by atoms with E-state index in [4.69, 9.17) is 21.7 Å². The van der Waals surface area contributed by atoms with Gasteiger partial charge < -0.3 is 20.4 Å². The molecule has 0 radical (unpaired) electrons. The maximum Gasteiger partial charge on any atom is 0.256 e. The number of nitrogens with one attached hydrogen (secondary N) is 3. The van der Waals surface area contributed by atoms with Crippen LogP contribution in [0.3, 0.4) is 0 Å². The third-order valence-corrected chi connectivity index (χ3v) is 8.10. The molecule has 5 rings (SSSR count). The number of nitrogens with zero attached hydrogens (tertiary/aromatic N) is 5. The second kappa shape index (κ2) is 11.2. The molecule has 40 heavy (non-hydrogen) atoms. The number of aryl methyl sites for hydroxylation is 1. The van der Waals surface area contributed by atoms with E-state index in [1.807, 2.05) is 19.2 Å². The molecule has 2 amide bonds. The van der Waals surface area contributed by atoms with Crippen molar-refractivity contribution in [2.45, 2.75) is 38.3 Å². The van der Waals surface area contributed by atoms with Gasteiger partial charge in [0.25, 0.3) is 5.91 Å². The molecule has 2 aliphatic rings. The smallest absolute Gasteiger partial charge is 0.256 e. The summed E-state index contributed by atoms with van der Waals surface area (Å²) in [7, 11) is -1.98. The Kier molecular flexibility index (Phi) is 7.89. The molecule has 12 nitrogen and oxygen atoms in total. The lowest BCUT2D eigenvalue weighted by molar-refractivity contribution is -0.122. The zero-order chi connectivity index (χ0) is 28.6. The van der Waals surface area contributed by atoms with Gasteiger partial charge in [0, 0.05) is 56.1 Å². The first-order valence-corrected chi connectivity index (χ1v) is 15.5. The van der Waals surface area contributed by atoms with E-state index in [0.29, 0.717) is 49.0 Å². The zero-order valence-electron chi connectivity index (χ0n) is 22.6. The van der Waals surface area contributed by atoms with Crippen molar-refractivity contribution in [2.24, 2.45) is 0 Å². The highest BCUT2D eigenvalue weighted by molar-refractivity contribution is 7.92. The van der Waals surface area contributed by atoms with Gasteiger partial charge in [0.1, 0.15) is 11.9 Å². The molecule has 14 heteroatoms. The number of hydrogen-bond donors (Lipinski definition) is 3. The fourth-order valence-corrected chi connectivity index (χ4v) is 6.16. The minimum absolute atomic E-state index is 0.0632. The van der Waals surface area contributed by atoms with Crippen LogP contribution >= 0.6 is 11.6 Å². The van der Waals surface area contributed by atoms with Crippen LogP contribution in [-0.2, 0) is 14.8 Å². The molecular weight excluding hydrogens is 556 g/mol. The monoisotopic (exact) mass is 588 g/mol. The first-order chi connectivity index (χ1) is 19.0. The third kappa shape index (κ3) is 5.86. The summed E-state index contributed by atoms with van der Waals surface area (Å²) in [5.41, 5.74) is 2.65. The van der Waals surface area contributed by atoms with Crippen LogP contribution in [0, 0.1) is 6.92 Å². The summed E-state index contributed by atoms with van der Waals surface area (Å²) in [4.78, 5) is 34.8. The number of likely N-dealkylation sites (N-methyl/N-ethyl adjacent to an activating group) is 1. The van der Waals surface area contributed by atoms with Crippen LogP contribution in [0.5, 0.6) is 0 Å². The highest BCUT2D eigenvalue weighted by atomic mass is 35.5. The fourth-order valence-electron chi connectivity index (χ4n) is 5.41. The van der Waals surface area contributed by atoms with E-state index >= 15 is 0 Å². The molecule has 3 N–H and O–H groups in total. The van der Waals surface area contributed by atoms with Crippen LogP contribution in [0.2, 0.25) is 5.02 Å². The van der Waals surface area contributed by atoms with Crippen LogP contribution in [0.15, 0.2) is 30.5 Å². The van der Waals surface area contributed by atoms with Gasteiger partial charge in [-0.1, -0.05) is 11.6 Å². The van der Waals surface area contributed by atoms with Gasteiger partial charge in [-0.05, 0) is 44.4 Å². The molecule has 1 aromatic carbocycles. The third-order valence-electron chi connectivity index (χ3n) is 7.27. The summed E-state index contributed by atoms with van der Waals surface area (Å²) in [6.45, 7) is 4.34. The number of hydrogen-bond acceptors (Lipinski definition) is 8. The Morgan fingerprint density at radius 2 is 1.98 bits per heavy atom. The van der Waals surface area contributed by atoms with Crippen molar-refractivity contribution in [1.82, 2.24) is 30.1 Å². The highest BCUT2D eigenvalue weighted by Gasteiger charge is 2.33. The molecule has 2 atom stereocenters. The van der Waals surface area contributed by atoms with Crippen molar-refractivity contribution in [1.29, 1.82) is 0 Å². The van der Waals surface area contributed by atoms with Crippen LogP contribution in [0.1, 0.15) is 46.9 Å². The first-order valence-electron chi connectivity index (χ1n) is 13.2. The van der Waals surface area contributed by atoms with Gasteiger partial charge in [-0.25, -0.2) is 17.9 Å². The average Bonchev–Trinajstić information content (AvgIpc) is 3.34. The number of carbonyl (C=O) groups is 2. The Hall–Kier alpha value is -3.42. The summed E-state index contributed by atoms with van der Waals surface area (Å²) in [5, 5.41) is 11.1. The Bertz CT molecular complexity index is 1560. The van der Waals surface area contributed by atoms with Crippen molar-refractivity contribution >= 4 is 50.6 Å². The molecule has 0 saturated carbocycles. The number of aromatic nitrogens is 3. The Morgan fingerprint density at radius 1 is 1.18 bits per heavy atom. The van der Waals surface area contributed by atoms with Crippen LogP contribution in [0.25, 0.3) is 5.65 Å². The van der Waals surface area contributed by atoms with E-state index in [9.17, 15) is 18.0 Å². The van der Waals surface area contributed by atoms with E-state index in [2.05, 4.69) is 20.3 Å². The number of halogens is 1. The molecule has 3 aromatic rings. The minimum atomic E-state index is -3.61. The predicted molar refractivity (Wildman–Crippen MR) is 153 cm³/mol. The van der Waals surface area contributed by atoms with E-state index < -0.39 is 10.0 Å². The Labute approximate surface area is 238 Å². The molecule has 0 bridgehead atoms. The molecule has 0 spiro atoms. The summed E-state index contributed by atoms with van der Waals surface area (Å²) >= 11 is 6.20. The standard InChI is InChI=1S/C26H33ClN8O4S/c1-16-14-35-23(30-24(16)33-11-9-29-21(15-33)25(36)28-2)13-20(31-35)22-6-4-5-10-34(22)26(37)18-12-17(27)7-8-19(18)32-40(3,38)39/h7-8,12-14,21-22,29,32H,4-6,9-11,15H2,1-3H3,(H,28,36)/t21-,22+/m1/s1. The highest BCUT2D eigenvalue weighted by Crippen LogP contribution is 2.34. The molecule has 214 valence electrons. The number of benzene rings is 1. The lowest BCUT2D eigenvalue weighted by Crippen LogP contribution is -2.57. The fraction of sp³-hybridized carbons (Fsp3) is 0.462. The van der Waals surface area contributed by atoms with Crippen LogP contribution in [-0.4, -0.2) is 85.3 Å². The van der Waals surface area contributed by atoms with Gasteiger partial charge in [-0.15, -0.1) is 0 Å². The minimum Gasteiger partial charge on any atom is -0.358 e. The SMILES string of the molecule is CNC(=O)[C@H]1CN(c2nc3cc([C@@H]4CCCCN4C(=O)c4cc(Cl)ccc4NS(C)(=O)=O)nn3cc2C)CCN1. The molecular formula is C26H33ClN8O4S. The molecule has 2 fully saturated rings. The first kappa shape index (κ1) is 28.1. The maximum absolute atomic E-state index is 13.8. The van der Waals surface area contributed by atoms with Gasteiger partial charge in [0.05, 0.1) is 29.2 Å². The molecule has 2 aliphatic heterocycles. The number of piperazine rings is 1. The number of carbonyl (C=O) groups excluding carboxylic acids is 2. The quantitative estimate of drug-likeness (QED) is 0.397. The lowest BCUT2D eigenvalue weighted by Gasteiger charge is -2.35. The summed E-state index contributed by atoms with van der Waals surface area (Å²) in [6, 6.07) is 5.79. The van der Waals surface area contributed by atoms with Crippen molar-refractivity contribution < 1.29 is 18.0 Å².